The highest BCUT2D eigenvalue weighted by Crippen LogP contribution is 2.33. The van der Waals surface area contributed by atoms with E-state index in [4.69, 9.17) is 4.74 Å². The Morgan fingerprint density at radius 1 is 1.07 bits per heavy atom. The summed E-state index contributed by atoms with van der Waals surface area (Å²) in [6.45, 7) is 0. The Hall–Kier alpha value is -2.88. The Labute approximate surface area is 161 Å². The number of hydrazone groups is 1. The van der Waals surface area contributed by atoms with Crippen LogP contribution < -0.4 is 5.01 Å². The van der Waals surface area contributed by atoms with Gasteiger partial charge >= 0.3 is 0 Å². The molecule has 10 heteroatoms. The van der Waals surface area contributed by atoms with Gasteiger partial charge in [0.2, 0.25) is 5.91 Å². The Kier molecular flexibility index (Phi) is 5.92. The molecular weight excluding hydrogens is 402 g/mol. The number of benzene rings is 2. The maximum atomic E-state index is 14.4. The molecule has 154 valence electrons. The minimum atomic E-state index is -3.16. The van der Waals surface area contributed by atoms with E-state index in [-0.39, 0.29) is 11.8 Å². The van der Waals surface area contributed by atoms with Crippen molar-refractivity contribution in [1.82, 2.24) is 0 Å². The molecule has 0 fully saturated rings. The Bertz CT molecular complexity index is 925. The SMILES string of the molecule is COC(C(F)F)C1CC(=O)N(c2ccccc2)N=C1c1c(F)c(F)cc(F)c1F. The molecule has 0 aliphatic carbocycles. The first kappa shape index (κ1) is 20.8. The summed E-state index contributed by atoms with van der Waals surface area (Å²) in [5.41, 5.74) is -1.84. The van der Waals surface area contributed by atoms with Crippen molar-refractivity contribution in [3.05, 3.63) is 65.2 Å². The second-order valence-corrected chi connectivity index (χ2v) is 6.21. The van der Waals surface area contributed by atoms with Gasteiger partial charge in [-0.15, -0.1) is 0 Å². The Morgan fingerprint density at radius 2 is 1.66 bits per heavy atom. The minimum absolute atomic E-state index is 0.00636. The third-order valence-corrected chi connectivity index (χ3v) is 4.48. The zero-order valence-electron chi connectivity index (χ0n) is 14.9. The molecule has 1 heterocycles. The summed E-state index contributed by atoms with van der Waals surface area (Å²) in [4.78, 5) is 12.5. The van der Waals surface area contributed by atoms with Gasteiger partial charge < -0.3 is 4.74 Å². The molecular formula is C19H14F6N2O2. The fraction of sp³-hybridized carbons (Fsp3) is 0.263. The zero-order valence-corrected chi connectivity index (χ0v) is 14.9. The molecule has 0 saturated heterocycles. The minimum Gasteiger partial charge on any atom is -0.375 e. The third kappa shape index (κ3) is 3.84. The zero-order chi connectivity index (χ0) is 21.3. The van der Waals surface area contributed by atoms with Crippen LogP contribution in [0.15, 0.2) is 41.5 Å². The van der Waals surface area contributed by atoms with Gasteiger partial charge in [0, 0.05) is 25.5 Å². The molecule has 2 aromatic rings. The van der Waals surface area contributed by atoms with Gasteiger partial charge in [0.05, 0.1) is 17.0 Å². The van der Waals surface area contributed by atoms with E-state index in [9.17, 15) is 31.1 Å². The second kappa shape index (κ2) is 8.24. The second-order valence-electron chi connectivity index (χ2n) is 6.21. The number of rotatable bonds is 5. The van der Waals surface area contributed by atoms with Gasteiger partial charge in [0.15, 0.2) is 23.3 Å². The molecule has 2 aromatic carbocycles. The van der Waals surface area contributed by atoms with Crippen molar-refractivity contribution in [3.8, 4) is 0 Å². The fourth-order valence-corrected chi connectivity index (χ4v) is 3.13. The number of para-hydroxylation sites is 1. The standard InChI is InChI=1S/C19H14F6N2O2/c1-29-18(19(24)25)10-7-13(28)27(9-5-3-2-4-6-9)26-17(10)14-15(22)11(20)8-12(21)16(14)23/h2-6,8,10,18-19H,7H2,1H3. The van der Waals surface area contributed by atoms with E-state index in [1.165, 1.54) is 12.1 Å². The summed E-state index contributed by atoms with van der Waals surface area (Å²) in [7, 11) is 0.918. The van der Waals surface area contributed by atoms with Gasteiger partial charge in [0.25, 0.3) is 6.43 Å². The van der Waals surface area contributed by atoms with Crippen molar-refractivity contribution in [2.24, 2.45) is 11.0 Å². The largest absolute Gasteiger partial charge is 0.375 e. The summed E-state index contributed by atoms with van der Waals surface area (Å²) in [6, 6.07) is 7.60. The fourth-order valence-electron chi connectivity index (χ4n) is 3.13. The maximum absolute atomic E-state index is 14.4. The van der Waals surface area contributed by atoms with Crippen LogP contribution in [0.2, 0.25) is 0 Å². The van der Waals surface area contributed by atoms with Crippen molar-refractivity contribution in [2.75, 3.05) is 12.1 Å². The van der Waals surface area contributed by atoms with Crippen molar-refractivity contribution in [3.63, 3.8) is 0 Å². The van der Waals surface area contributed by atoms with Crippen molar-refractivity contribution in [2.45, 2.75) is 19.0 Å². The summed E-state index contributed by atoms with van der Waals surface area (Å²) in [5, 5.41) is 4.56. The van der Waals surface area contributed by atoms with E-state index in [2.05, 4.69) is 5.10 Å². The van der Waals surface area contributed by atoms with Gasteiger partial charge in [-0.25, -0.2) is 31.4 Å². The lowest BCUT2D eigenvalue weighted by Crippen LogP contribution is -2.45. The van der Waals surface area contributed by atoms with Crippen LogP contribution in [0, 0.1) is 29.2 Å². The monoisotopic (exact) mass is 416 g/mol. The van der Waals surface area contributed by atoms with Crippen LogP contribution in [0.1, 0.15) is 12.0 Å². The molecule has 29 heavy (non-hydrogen) atoms. The Morgan fingerprint density at radius 3 is 2.17 bits per heavy atom. The molecule has 0 spiro atoms. The molecule has 0 saturated carbocycles. The lowest BCUT2D eigenvalue weighted by Gasteiger charge is -2.33. The van der Waals surface area contributed by atoms with Crippen LogP contribution >= 0.6 is 0 Å². The lowest BCUT2D eigenvalue weighted by atomic mass is 9.86. The molecule has 0 radical (unpaired) electrons. The van der Waals surface area contributed by atoms with Gasteiger partial charge in [-0.3, -0.25) is 4.79 Å². The van der Waals surface area contributed by atoms with Gasteiger partial charge in [-0.2, -0.15) is 5.10 Å². The molecule has 2 atom stereocenters. The summed E-state index contributed by atoms with van der Waals surface area (Å²) in [6.07, 6.45) is -5.82. The number of hydrogen-bond acceptors (Lipinski definition) is 3. The van der Waals surface area contributed by atoms with Crippen LogP contribution in [0.5, 0.6) is 0 Å². The number of amides is 1. The van der Waals surface area contributed by atoms with E-state index in [1.807, 2.05) is 0 Å². The van der Waals surface area contributed by atoms with Crippen molar-refractivity contribution >= 4 is 17.3 Å². The third-order valence-electron chi connectivity index (χ3n) is 4.48. The first-order chi connectivity index (χ1) is 13.8. The van der Waals surface area contributed by atoms with Gasteiger partial charge in [-0.05, 0) is 12.1 Å². The molecule has 2 unspecified atom stereocenters. The molecule has 0 N–H and O–H groups in total. The van der Waals surface area contributed by atoms with E-state index >= 15 is 0 Å². The number of anilines is 1. The van der Waals surface area contributed by atoms with Crippen LogP contribution in [0.25, 0.3) is 0 Å². The van der Waals surface area contributed by atoms with Crippen LogP contribution in [0.3, 0.4) is 0 Å². The van der Waals surface area contributed by atoms with E-state index in [0.29, 0.717) is 0 Å². The van der Waals surface area contributed by atoms with E-state index < -0.39 is 65.3 Å². The summed E-state index contributed by atoms with van der Waals surface area (Å²) in [5.74, 6) is -9.47. The predicted octanol–water partition coefficient (Wildman–Crippen LogP) is 4.28. The topological polar surface area (TPSA) is 41.9 Å². The molecule has 3 rings (SSSR count). The average Bonchev–Trinajstić information content (AvgIpc) is 2.69. The number of hydrogen-bond donors (Lipinski definition) is 0. The number of halogens is 6. The normalized spacial score (nSPS) is 18.2. The lowest BCUT2D eigenvalue weighted by molar-refractivity contribution is -0.122. The molecule has 0 bridgehead atoms. The first-order valence-corrected chi connectivity index (χ1v) is 8.37. The highest BCUT2D eigenvalue weighted by atomic mass is 19.3. The van der Waals surface area contributed by atoms with Crippen molar-refractivity contribution in [1.29, 1.82) is 0 Å². The summed E-state index contributed by atoms with van der Waals surface area (Å²) < 4.78 is 87.9. The van der Waals surface area contributed by atoms with E-state index in [1.54, 1.807) is 18.2 Å². The average molecular weight is 416 g/mol. The highest BCUT2D eigenvalue weighted by molar-refractivity contribution is 6.10. The number of methoxy groups -OCH3 is 1. The number of ether oxygens (including phenoxy) is 1. The first-order valence-electron chi connectivity index (χ1n) is 8.37. The van der Waals surface area contributed by atoms with Crippen LogP contribution in [0.4, 0.5) is 32.0 Å². The predicted molar refractivity (Wildman–Crippen MR) is 91.6 cm³/mol. The molecule has 1 aliphatic heterocycles. The quantitative estimate of drug-likeness (QED) is 0.540. The molecule has 4 nitrogen and oxygen atoms in total. The van der Waals surface area contributed by atoms with E-state index in [0.717, 1.165) is 12.1 Å². The number of nitrogens with zero attached hydrogens (tertiary/aromatic N) is 2. The maximum Gasteiger partial charge on any atom is 0.265 e. The highest BCUT2D eigenvalue weighted by Gasteiger charge is 2.43. The van der Waals surface area contributed by atoms with Crippen molar-refractivity contribution < 1.29 is 35.9 Å². The molecule has 1 amide bonds. The smallest absolute Gasteiger partial charge is 0.265 e. The number of carbonyl (C=O) groups is 1. The molecule has 0 aromatic heterocycles. The van der Waals surface area contributed by atoms with Crippen LogP contribution in [-0.4, -0.2) is 31.3 Å². The number of carbonyl (C=O) groups excluding carboxylic acids is 1. The molecule has 1 aliphatic rings. The van der Waals surface area contributed by atoms with Crippen LogP contribution in [-0.2, 0) is 9.53 Å². The van der Waals surface area contributed by atoms with Gasteiger partial charge in [-0.1, -0.05) is 18.2 Å². The van der Waals surface area contributed by atoms with Gasteiger partial charge in [0.1, 0.15) is 6.10 Å². The summed E-state index contributed by atoms with van der Waals surface area (Å²) >= 11 is 0. The number of alkyl halides is 2. The Balaban J connectivity index is 2.25.